The van der Waals surface area contributed by atoms with Crippen molar-refractivity contribution in [2.24, 2.45) is 0 Å². The first-order valence-corrected chi connectivity index (χ1v) is 5.94. The molecule has 0 unspecified atom stereocenters. The molecule has 0 bridgehead atoms. The van der Waals surface area contributed by atoms with Gasteiger partial charge in [-0.25, -0.2) is 4.39 Å². The van der Waals surface area contributed by atoms with Gasteiger partial charge in [0, 0.05) is 11.1 Å². The fourth-order valence-electron chi connectivity index (χ4n) is 1.85. The Morgan fingerprint density at radius 3 is 2.56 bits per heavy atom. The van der Waals surface area contributed by atoms with E-state index in [1.165, 1.54) is 12.1 Å². The number of carbonyl (C=O) groups excluding carboxylic acids is 1. The Balaban J connectivity index is 2.51. The van der Waals surface area contributed by atoms with Crippen LogP contribution >= 0.6 is 11.6 Å². The minimum atomic E-state index is -0.415. The molecule has 0 heterocycles. The SMILES string of the molecule is Cc1cc(F)cc(C(=O)c2cccc(C)c2Cl)c1. The molecular formula is C15H12ClFO. The summed E-state index contributed by atoms with van der Waals surface area (Å²) in [5.74, 6) is -0.673. The molecule has 0 amide bonds. The molecule has 0 saturated carbocycles. The molecule has 0 radical (unpaired) electrons. The Morgan fingerprint density at radius 1 is 1.17 bits per heavy atom. The third-order valence-electron chi connectivity index (χ3n) is 2.74. The molecule has 2 aromatic carbocycles. The van der Waals surface area contributed by atoms with E-state index in [2.05, 4.69) is 0 Å². The van der Waals surface area contributed by atoms with Gasteiger partial charge < -0.3 is 0 Å². The molecule has 0 aromatic heterocycles. The summed E-state index contributed by atoms with van der Waals surface area (Å²) in [5, 5.41) is 0.421. The van der Waals surface area contributed by atoms with E-state index in [9.17, 15) is 9.18 Å². The fourth-order valence-corrected chi connectivity index (χ4v) is 2.06. The van der Waals surface area contributed by atoms with E-state index in [0.29, 0.717) is 21.7 Å². The highest BCUT2D eigenvalue weighted by atomic mass is 35.5. The van der Waals surface area contributed by atoms with Crippen LogP contribution < -0.4 is 0 Å². The lowest BCUT2D eigenvalue weighted by Crippen LogP contribution is -2.04. The zero-order valence-corrected chi connectivity index (χ0v) is 10.9. The zero-order valence-electron chi connectivity index (χ0n) is 10.1. The molecule has 2 aromatic rings. The van der Waals surface area contributed by atoms with Crippen molar-refractivity contribution in [1.29, 1.82) is 0 Å². The third-order valence-corrected chi connectivity index (χ3v) is 3.24. The normalized spacial score (nSPS) is 10.4. The summed E-state index contributed by atoms with van der Waals surface area (Å²) in [7, 11) is 0. The fraction of sp³-hybridized carbons (Fsp3) is 0.133. The molecule has 0 aliphatic heterocycles. The molecule has 0 N–H and O–H groups in total. The maximum atomic E-state index is 13.3. The van der Waals surface area contributed by atoms with Gasteiger partial charge in [0.25, 0.3) is 0 Å². The van der Waals surface area contributed by atoms with Gasteiger partial charge in [0.05, 0.1) is 5.02 Å². The Hall–Kier alpha value is -1.67. The van der Waals surface area contributed by atoms with Crippen LogP contribution in [0.5, 0.6) is 0 Å². The average molecular weight is 263 g/mol. The van der Waals surface area contributed by atoms with Crippen molar-refractivity contribution >= 4 is 17.4 Å². The lowest BCUT2D eigenvalue weighted by molar-refractivity contribution is 0.103. The summed E-state index contributed by atoms with van der Waals surface area (Å²) < 4.78 is 13.3. The van der Waals surface area contributed by atoms with Crippen molar-refractivity contribution in [3.8, 4) is 0 Å². The highest BCUT2D eigenvalue weighted by Gasteiger charge is 2.14. The lowest BCUT2D eigenvalue weighted by atomic mass is 10.00. The maximum absolute atomic E-state index is 13.3. The Labute approximate surface area is 110 Å². The van der Waals surface area contributed by atoms with E-state index >= 15 is 0 Å². The predicted molar refractivity (Wildman–Crippen MR) is 70.8 cm³/mol. The van der Waals surface area contributed by atoms with Crippen molar-refractivity contribution in [3.63, 3.8) is 0 Å². The Kier molecular flexibility index (Phi) is 3.48. The molecule has 0 saturated heterocycles. The van der Waals surface area contributed by atoms with E-state index in [1.54, 1.807) is 25.1 Å². The topological polar surface area (TPSA) is 17.1 Å². The van der Waals surface area contributed by atoms with Gasteiger partial charge in [-0.3, -0.25) is 4.79 Å². The molecule has 0 spiro atoms. The molecule has 18 heavy (non-hydrogen) atoms. The largest absolute Gasteiger partial charge is 0.289 e. The summed E-state index contributed by atoms with van der Waals surface area (Å²) in [6, 6.07) is 9.52. The van der Waals surface area contributed by atoms with E-state index in [4.69, 9.17) is 11.6 Å². The van der Waals surface area contributed by atoms with Gasteiger partial charge in [0.2, 0.25) is 0 Å². The van der Waals surface area contributed by atoms with Crippen molar-refractivity contribution in [1.82, 2.24) is 0 Å². The third kappa shape index (κ3) is 2.44. The number of ketones is 1. The van der Waals surface area contributed by atoms with Gasteiger partial charge >= 0.3 is 0 Å². The molecule has 0 aliphatic rings. The molecule has 1 nitrogen and oxygen atoms in total. The first-order valence-electron chi connectivity index (χ1n) is 5.56. The van der Waals surface area contributed by atoms with Crippen LogP contribution in [0.3, 0.4) is 0 Å². The Morgan fingerprint density at radius 2 is 1.89 bits per heavy atom. The van der Waals surface area contributed by atoms with Crippen LogP contribution in [0.1, 0.15) is 27.0 Å². The standard InChI is InChI=1S/C15H12ClFO/c1-9-6-11(8-12(17)7-9)15(18)13-5-3-4-10(2)14(13)16/h3-8H,1-2H3. The van der Waals surface area contributed by atoms with E-state index < -0.39 is 5.82 Å². The first-order chi connectivity index (χ1) is 8.49. The number of benzene rings is 2. The van der Waals surface area contributed by atoms with Gasteiger partial charge in [-0.1, -0.05) is 23.7 Å². The molecule has 92 valence electrons. The summed E-state index contributed by atoms with van der Waals surface area (Å²) in [6.45, 7) is 3.58. The van der Waals surface area contributed by atoms with E-state index in [0.717, 1.165) is 5.56 Å². The van der Waals surface area contributed by atoms with Gasteiger partial charge in [-0.05, 0) is 49.2 Å². The number of halogens is 2. The van der Waals surface area contributed by atoms with Gasteiger partial charge in [-0.15, -0.1) is 0 Å². The summed E-state index contributed by atoms with van der Waals surface area (Å²) in [5.41, 5.74) is 2.26. The van der Waals surface area contributed by atoms with Crippen LogP contribution in [0.4, 0.5) is 4.39 Å². The van der Waals surface area contributed by atoms with Crippen LogP contribution in [-0.4, -0.2) is 5.78 Å². The second-order valence-corrected chi connectivity index (χ2v) is 4.66. The highest BCUT2D eigenvalue weighted by Crippen LogP contribution is 2.23. The summed E-state index contributed by atoms with van der Waals surface area (Å²) in [6.07, 6.45) is 0. The highest BCUT2D eigenvalue weighted by molar-refractivity contribution is 6.35. The minimum Gasteiger partial charge on any atom is -0.289 e. The van der Waals surface area contributed by atoms with Crippen LogP contribution in [-0.2, 0) is 0 Å². The van der Waals surface area contributed by atoms with Crippen LogP contribution in [0.2, 0.25) is 5.02 Å². The van der Waals surface area contributed by atoms with Gasteiger partial charge in [-0.2, -0.15) is 0 Å². The molecule has 0 fully saturated rings. The Bertz CT molecular complexity index is 600. The number of hydrogen-bond donors (Lipinski definition) is 0. The van der Waals surface area contributed by atoms with Crippen molar-refractivity contribution < 1.29 is 9.18 Å². The van der Waals surface area contributed by atoms with Crippen molar-refractivity contribution in [3.05, 3.63) is 69.5 Å². The summed E-state index contributed by atoms with van der Waals surface area (Å²) >= 11 is 6.10. The first kappa shape index (κ1) is 12.8. The van der Waals surface area contributed by atoms with Crippen molar-refractivity contribution in [2.45, 2.75) is 13.8 Å². The number of aryl methyl sites for hydroxylation is 2. The van der Waals surface area contributed by atoms with Gasteiger partial charge in [0.15, 0.2) is 5.78 Å². The predicted octanol–water partition coefficient (Wildman–Crippen LogP) is 4.33. The summed E-state index contributed by atoms with van der Waals surface area (Å²) in [4.78, 5) is 12.3. The van der Waals surface area contributed by atoms with Crippen LogP contribution in [0.25, 0.3) is 0 Å². The van der Waals surface area contributed by atoms with E-state index in [-0.39, 0.29) is 5.78 Å². The molecule has 3 heteroatoms. The number of hydrogen-bond acceptors (Lipinski definition) is 1. The number of rotatable bonds is 2. The second kappa shape index (κ2) is 4.91. The maximum Gasteiger partial charge on any atom is 0.194 e. The zero-order chi connectivity index (χ0) is 13.3. The molecular weight excluding hydrogens is 251 g/mol. The quantitative estimate of drug-likeness (QED) is 0.737. The van der Waals surface area contributed by atoms with E-state index in [1.807, 2.05) is 13.0 Å². The molecule has 0 atom stereocenters. The second-order valence-electron chi connectivity index (χ2n) is 4.28. The molecule has 2 rings (SSSR count). The smallest absolute Gasteiger partial charge is 0.194 e. The monoisotopic (exact) mass is 262 g/mol. The average Bonchev–Trinajstić information content (AvgIpc) is 2.30. The lowest BCUT2D eigenvalue weighted by Gasteiger charge is -2.07. The van der Waals surface area contributed by atoms with Crippen molar-refractivity contribution in [2.75, 3.05) is 0 Å². The minimum absolute atomic E-state index is 0.258. The van der Waals surface area contributed by atoms with Crippen LogP contribution in [0, 0.1) is 19.7 Å². The van der Waals surface area contributed by atoms with Gasteiger partial charge in [0.1, 0.15) is 5.82 Å². The van der Waals surface area contributed by atoms with Crippen LogP contribution in [0.15, 0.2) is 36.4 Å². The molecule has 0 aliphatic carbocycles. The number of carbonyl (C=O) groups is 1.